The molecule has 0 N–H and O–H groups in total. The number of alkyl halides is 3. The molecule has 0 aliphatic carbocycles. The van der Waals surface area contributed by atoms with Gasteiger partial charge >= 0.3 is 6.18 Å². The van der Waals surface area contributed by atoms with Gasteiger partial charge in [-0.05, 0) is 23.8 Å². The summed E-state index contributed by atoms with van der Waals surface area (Å²) in [6.45, 7) is 0. The molecule has 0 bridgehead atoms. The summed E-state index contributed by atoms with van der Waals surface area (Å²) in [6.07, 6.45) is -3.54. The molecule has 1 rings (SSSR count). The number of hydrogen-bond donors (Lipinski definition) is 0. The van der Waals surface area contributed by atoms with Gasteiger partial charge in [0.15, 0.2) is 0 Å². The predicted molar refractivity (Wildman–Crippen MR) is 40.8 cm³/mol. The van der Waals surface area contributed by atoms with E-state index in [0.717, 1.165) is 12.1 Å². The van der Waals surface area contributed by atoms with E-state index in [0.29, 0.717) is 6.07 Å². The van der Waals surface area contributed by atoms with Crippen molar-refractivity contribution in [1.82, 2.24) is 0 Å². The molecule has 0 aromatic heterocycles. The first kappa shape index (κ1) is 10.7. The van der Waals surface area contributed by atoms with E-state index in [4.69, 9.17) is 0 Å². The van der Waals surface area contributed by atoms with Crippen LogP contribution >= 0.6 is 0 Å². The van der Waals surface area contributed by atoms with Crippen molar-refractivity contribution in [3.8, 4) is 0 Å². The average molecular weight is 205 g/mol. The standard InChI is InChI=1S/C9H5F4O/c10-8-4-6(1-2-14)3-7(5-8)9(11,12)13/h3-5H,1H2. The van der Waals surface area contributed by atoms with Gasteiger partial charge in [0.1, 0.15) is 5.82 Å². The second-order valence-electron chi connectivity index (χ2n) is 2.67. The molecule has 0 saturated carbocycles. The molecule has 1 nitrogen and oxygen atoms in total. The monoisotopic (exact) mass is 205 g/mol. The molecule has 1 radical (unpaired) electrons. The summed E-state index contributed by atoms with van der Waals surface area (Å²) in [4.78, 5) is 9.92. The van der Waals surface area contributed by atoms with Crippen LogP contribution in [0.5, 0.6) is 0 Å². The van der Waals surface area contributed by atoms with Crippen LogP contribution in [0.15, 0.2) is 18.2 Å². The maximum absolute atomic E-state index is 12.7. The predicted octanol–water partition coefficient (Wildman–Crippen LogP) is 2.50. The summed E-state index contributed by atoms with van der Waals surface area (Å²) < 4.78 is 49.0. The molecular formula is C9H5F4O. The van der Waals surface area contributed by atoms with Gasteiger partial charge in [0.05, 0.1) is 5.56 Å². The molecule has 75 valence electrons. The zero-order valence-electron chi connectivity index (χ0n) is 6.86. The fraction of sp³-hybridized carbons (Fsp3) is 0.222. The second kappa shape index (κ2) is 3.77. The molecule has 0 spiro atoms. The Kier molecular flexibility index (Phi) is 2.88. The molecule has 1 aromatic carbocycles. The topological polar surface area (TPSA) is 17.1 Å². The lowest BCUT2D eigenvalue weighted by Gasteiger charge is -2.07. The van der Waals surface area contributed by atoms with Crippen molar-refractivity contribution in [2.24, 2.45) is 0 Å². The Bertz CT molecular complexity index is 343. The summed E-state index contributed by atoms with van der Waals surface area (Å²) in [5.74, 6) is -1.01. The van der Waals surface area contributed by atoms with E-state index in [1.54, 1.807) is 0 Å². The first-order valence-corrected chi connectivity index (χ1v) is 3.65. The molecule has 0 atom stereocenters. The smallest absolute Gasteiger partial charge is 0.291 e. The van der Waals surface area contributed by atoms with Gasteiger partial charge in [-0.25, -0.2) is 4.39 Å². The van der Waals surface area contributed by atoms with Crippen LogP contribution in [0.1, 0.15) is 11.1 Å². The number of halogens is 4. The maximum atomic E-state index is 12.7. The van der Waals surface area contributed by atoms with Crippen LogP contribution in [0.25, 0.3) is 0 Å². The van der Waals surface area contributed by atoms with Crippen LogP contribution in [0.4, 0.5) is 17.6 Å². The van der Waals surface area contributed by atoms with Crippen LogP contribution in [-0.2, 0) is 17.4 Å². The van der Waals surface area contributed by atoms with Crippen LogP contribution in [-0.4, -0.2) is 6.29 Å². The minimum atomic E-state index is -4.60. The third kappa shape index (κ3) is 2.55. The van der Waals surface area contributed by atoms with Gasteiger partial charge in [-0.2, -0.15) is 13.2 Å². The first-order chi connectivity index (χ1) is 6.43. The van der Waals surface area contributed by atoms with Crippen molar-refractivity contribution in [3.05, 3.63) is 35.1 Å². The number of benzene rings is 1. The lowest BCUT2D eigenvalue weighted by molar-refractivity contribution is -0.137. The van der Waals surface area contributed by atoms with Crippen LogP contribution in [0, 0.1) is 5.82 Å². The molecule has 0 aliphatic heterocycles. The molecule has 5 heteroatoms. The van der Waals surface area contributed by atoms with Crippen LogP contribution in [0.3, 0.4) is 0 Å². The highest BCUT2D eigenvalue weighted by molar-refractivity contribution is 5.56. The molecule has 0 amide bonds. The molecule has 14 heavy (non-hydrogen) atoms. The van der Waals surface area contributed by atoms with Crippen LogP contribution < -0.4 is 0 Å². The summed E-state index contributed by atoms with van der Waals surface area (Å²) in [7, 11) is 0. The SMILES string of the molecule is O=[C]Cc1cc(F)cc(C(F)(F)F)c1. The van der Waals surface area contributed by atoms with Gasteiger partial charge in [0.2, 0.25) is 6.29 Å². The van der Waals surface area contributed by atoms with Gasteiger partial charge < -0.3 is 0 Å². The number of carbonyl (C=O) groups excluding carboxylic acids is 1. The Morgan fingerprint density at radius 3 is 2.36 bits per heavy atom. The van der Waals surface area contributed by atoms with Gasteiger partial charge in [-0.1, -0.05) is 0 Å². The van der Waals surface area contributed by atoms with Crippen molar-refractivity contribution in [2.75, 3.05) is 0 Å². The van der Waals surface area contributed by atoms with Gasteiger partial charge in [0.25, 0.3) is 0 Å². The highest BCUT2D eigenvalue weighted by atomic mass is 19.4. The first-order valence-electron chi connectivity index (χ1n) is 3.65. The van der Waals surface area contributed by atoms with Crippen molar-refractivity contribution in [1.29, 1.82) is 0 Å². The molecular weight excluding hydrogens is 200 g/mol. The fourth-order valence-electron chi connectivity index (χ4n) is 0.999. The average Bonchev–Trinajstić information content (AvgIpc) is 2.02. The number of hydrogen-bond acceptors (Lipinski definition) is 1. The van der Waals surface area contributed by atoms with Gasteiger partial charge in [-0.3, -0.25) is 4.79 Å². The molecule has 0 fully saturated rings. The van der Waals surface area contributed by atoms with E-state index in [1.165, 1.54) is 6.29 Å². The normalized spacial score (nSPS) is 11.4. The Morgan fingerprint density at radius 2 is 1.86 bits per heavy atom. The molecule has 0 aliphatic rings. The van der Waals surface area contributed by atoms with Crippen molar-refractivity contribution in [2.45, 2.75) is 12.6 Å². The maximum Gasteiger partial charge on any atom is 0.416 e. The minimum Gasteiger partial charge on any atom is -0.291 e. The van der Waals surface area contributed by atoms with Crippen molar-refractivity contribution in [3.63, 3.8) is 0 Å². The van der Waals surface area contributed by atoms with Crippen molar-refractivity contribution >= 4 is 6.29 Å². The Labute approximate surface area is 77.3 Å². The Morgan fingerprint density at radius 1 is 1.21 bits per heavy atom. The zero-order chi connectivity index (χ0) is 10.8. The quantitative estimate of drug-likeness (QED) is 0.678. The van der Waals surface area contributed by atoms with Gasteiger partial charge in [-0.15, -0.1) is 0 Å². The van der Waals surface area contributed by atoms with E-state index in [2.05, 4.69) is 0 Å². The van der Waals surface area contributed by atoms with E-state index in [1.807, 2.05) is 0 Å². The Hall–Kier alpha value is -1.39. The highest BCUT2D eigenvalue weighted by Gasteiger charge is 2.31. The number of rotatable bonds is 2. The molecule has 0 saturated heterocycles. The zero-order valence-corrected chi connectivity index (χ0v) is 6.86. The van der Waals surface area contributed by atoms with Crippen LogP contribution in [0.2, 0.25) is 0 Å². The third-order valence-electron chi connectivity index (χ3n) is 1.56. The summed E-state index contributed by atoms with van der Waals surface area (Å²) >= 11 is 0. The largest absolute Gasteiger partial charge is 0.416 e. The van der Waals surface area contributed by atoms with Crippen molar-refractivity contribution < 1.29 is 22.4 Å². The lowest BCUT2D eigenvalue weighted by Crippen LogP contribution is -2.06. The second-order valence-corrected chi connectivity index (χ2v) is 2.67. The molecule has 1 aromatic rings. The summed E-state index contributed by atoms with van der Waals surface area (Å²) in [5, 5.41) is 0. The van der Waals surface area contributed by atoms with E-state index in [-0.39, 0.29) is 12.0 Å². The summed E-state index contributed by atoms with van der Waals surface area (Å²) in [6, 6.07) is 1.99. The van der Waals surface area contributed by atoms with E-state index < -0.39 is 17.6 Å². The lowest BCUT2D eigenvalue weighted by atomic mass is 10.1. The summed E-state index contributed by atoms with van der Waals surface area (Å²) in [5.41, 5.74) is -1.13. The van der Waals surface area contributed by atoms with E-state index >= 15 is 0 Å². The molecule has 0 heterocycles. The van der Waals surface area contributed by atoms with Gasteiger partial charge in [0, 0.05) is 6.42 Å². The highest BCUT2D eigenvalue weighted by Crippen LogP contribution is 2.30. The molecule has 0 unspecified atom stereocenters. The fourth-order valence-corrected chi connectivity index (χ4v) is 0.999. The minimum absolute atomic E-state index is 0.0349. The van der Waals surface area contributed by atoms with E-state index in [9.17, 15) is 22.4 Å². The third-order valence-corrected chi connectivity index (χ3v) is 1.56. The Balaban J connectivity index is 3.13.